The highest BCUT2D eigenvalue weighted by atomic mass is 16.7. The molecule has 3 atom stereocenters. The van der Waals surface area contributed by atoms with Gasteiger partial charge in [-0.25, -0.2) is 14.4 Å². The Morgan fingerprint density at radius 2 is 1.50 bits per heavy atom. The van der Waals surface area contributed by atoms with Crippen molar-refractivity contribution < 1.29 is 52.7 Å². The third-order valence-electron chi connectivity index (χ3n) is 4.33. The number of nitrogens with two attached hydrogens (primary N) is 1. The van der Waals surface area contributed by atoms with E-state index in [2.05, 4.69) is 0 Å². The number of carbonyl (C=O) groups is 4. The van der Waals surface area contributed by atoms with Crippen LogP contribution in [0.2, 0.25) is 0 Å². The second-order valence-corrected chi connectivity index (χ2v) is 7.01. The van der Waals surface area contributed by atoms with Gasteiger partial charge in [-0.15, -0.1) is 0 Å². The molecule has 0 heterocycles. The molecule has 0 spiro atoms. The van der Waals surface area contributed by atoms with E-state index in [1.807, 2.05) is 6.92 Å². The van der Waals surface area contributed by atoms with E-state index in [1.165, 1.54) is 18.2 Å². The van der Waals surface area contributed by atoms with Gasteiger partial charge in [0.2, 0.25) is 0 Å². The van der Waals surface area contributed by atoms with E-state index in [0.29, 0.717) is 12.0 Å². The third-order valence-corrected chi connectivity index (χ3v) is 4.33. The summed E-state index contributed by atoms with van der Waals surface area (Å²) in [4.78, 5) is 47.0. The summed E-state index contributed by atoms with van der Waals surface area (Å²) in [7, 11) is 0. The average Bonchev–Trinajstić information content (AvgIpc) is 2.77. The summed E-state index contributed by atoms with van der Waals surface area (Å²) < 4.78 is 29.7. The Morgan fingerprint density at radius 1 is 0.912 bits per heavy atom. The van der Waals surface area contributed by atoms with E-state index in [9.17, 15) is 24.3 Å². The van der Waals surface area contributed by atoms with Gasteiger partial charge in [-0.3, -0.25) is 4.79 Å². The molecule has 0 bridgehead atoms. The van der Waals surface area contributed by atoms with Gasteiger partial charge in [-0.2, -0.15) is 0 Å². The van der Waals surface area contributed by atoms with Crippen LogP contribution in [0.25, 0.3) is 0 Å². The number of carbonyl (C=O) groups excluding carboxylic acids is 3. The fraction of sp³-hybridized carbons (Fsp3) is 0.545. The Bertz CT molecular complexity index is 842. The molecule has 3 N–H and O–H groups in total. The van der Waals surface area contributed by atoms with Crippen LogP contribution < -0.4 is 15.2 Å². The number of aliphatic carboxylic acids is 1. The van der Waals surface area contributed by atoms with Crippen molar-refractivity contribution in [2.24, 2.45) is 5.73 Å². The van der Waals surface area contributed by atoms with Crippen molar-refractivity contribution in [1.82, 2.24) is 0 Å². The molecule has 12 heteroatoms. The third kappa shape index (κ3) is 9.53. The van der Waals surface area contributed by atoms with Crippen LogP contribution >= 0.6 is 0 Å². The molecule has 0 amide bonds. The van der Waals surface area contributed by atoms with Crippen LogP contribution in [0.15, 0.2) is 18.2 Å². The van der Waals surface area contributed by atoms with Crippen LogP contribution in [-0.4, -0.2) is 61.5 Å². The fourth-order valence-electron chi connectivity index (χ4n) is 2.85. The van der Waals surface area contributed by atoms with Crippen molar-refractivity contribution >= 4 is 24.4 Å². The maximum atomic E-state index is 11.9. The lowest BCUT2D eigenvalue weighted by Crippen LogP contribution is -2.38. The molecule has 1 aromatic rings. The van der Waals surface area contributed by atoms with E-state index >= 15 is 0 Å². The fourth-order valence-corrected chi connectivity index (χ4v) is 2.85. The van der Waals surface area contributed by atoms with Gasteiger partial charge in [0.15, 0.2) is 11.5 Å². The number of hydrogen-bond acceptors (Lipinski definition) is 11. The summed E-state index contributed by atoms with van der Waals surface area (Å²) in [6, 6.07) is 2.64. The molecule has 0 aliphatic carbocycles. The number of rotatable bonds is 12. The summed E-state index contributed by atoms with van der Waals surface area (Å²) in [5, 5.41) is 9.49. The molecule has 0 saturated heterocycles. The Hall–Kier alpha value is -3.54. The minimum absolute atomic E-state index is 0.00557. The molecular formula is C22H31NO11. The van der Waals surface area contributed by atoms with Crippen LogP contribution in [-0.2, 0) is 23.7 Å². The van der Waals surface area contributed by atoms with Gasteiger partial charge >= 0.3 is 24.4 Å². The first kappa shape index (κ1) is 28.5. The molecule has 12 nitrogen and oxygen atoms in total. The summed E-state index contributed by atoms with van der Waals surface area (Å²) in [5.74, 6) is -2.56. The normalized spacial score (nSPS) is 13.1. The molecule has 1 rings (SSSR count). The average molecular weight is 485 g/mol. The van der Waals surface area contributed by atoms with Gasteiger partial charge < -0.3 is 39.3 Å². The predicted octanol–water partition coefficient (Wildman–Crippen LogP) is 3.59. The highest BCUT2D eigenvalue weighted by Gasteiger charge is 2.30. The Morgan fingerprint density at radius 3 is 2.03 bits per heavy atom. The highest BCUT2D eigenvalue weighted by molar-refractivity contribution is 5.75. The molecular weight excluding hydrogens is 454 g/mol. The van der Waals surface area contributed by atoms with Gasteiger partial charge in [-0.1, -0.05) is 13.0 Å². The van der Waals surface area contributed by atoms with E-state index in [1.54, 1.807) is 20.8 Å². The van der Waals surface area contributed by atoms with Crippen molar-refractivity contribution in [3.63, 3.8) is 0 Å². The summed E-state index contributed by atoms with van der Waals surface area (Å²) in [6.07, 6.45) is -3.13. The second-order valence-electron chi connectivity index (χ2n) is 7.01. The smallest absolute Gasteiger partial charge is 0.480 e. The van der Waals surface area contributed by atoms with Crippen molar-refractivity contribution in [3.8, 4) is 11.5 Å². The first-order valence-electron chi connectivity index (χ1n) is 10.8. The van der Waals surface area contributed by atoms with Crippen LogP contribution in [0, 0.1) is 0 Å². The van der Waals surface area contributed by atoms with Gasteiger partial charge in [-0.05, 0) is 51.3 Å². The van der Waals surface area contributed by atoms with Gasteiger partial charge in [0.25, 0.3) is 0 Å². The van der Waals surface area contributed by atoms with Crippen LogP contribution in [0.5, 0.6) is 11.5 Å². The highest BCUT2D eigenvalue weighted by Crippen LogP contribution is 2.35. The van der Waals surface area contributed by atoms with E-state index in [4.69, 9.17) is 34.2 Å². The summed E-state index contributed by atoms with van der Waals surface area (Å²) >= 11 is 0. The van der Waals surface area contributed by atoms with Crippen LogP contribution in [0.3, 0.4) is 0 Å². The van der Waals surface area contributed by atoms with Crippen molar-refractivity contribution in [3.05, 3.63) is 23.8 Å². The van der Waals surface area contributed by atoms with E-state index < -0.39 is 42.5 Å². The lowest BCUT2D eigenvalue weighted by atomic mass is 9.87. The minimum atomic E-state index is -1.40. The number of ether oxygens (including phenoxy) is 6. The van der Waals surface area contributed by atoms with Gasteiger partial charge in [0, 0.05) is 5.92 Å². The minimum Gasteiger partial charge on any atom is -0.480 e. The lowest BCUT2D eigenvalue weighted by molar-refractivity contribution is -0.139. The van der Waals surface area contributed by atoms with E-state index in [0.717, 1.165) is 0 Å². The molecule has 0 radical (unpaired) electrons. The topological polar surface area (TPSA) is 170 Å². The molecule has 1 aromatic carbocycles. The predicted molar refractivity (Wildman–Crippen MR) is 117 cm³/mol. The standard InChI is InChI=1S/C22H31NO11/c1-5-10-31-22(28)32-13(4)11-15(18(23)19(24)25)14-8-9-16(33-20(26)29-6-2)17(12-14)34-21(27)30-7-3/h8-9,12-13,15,18H,5-7,10-11,23H2,1-4H3,(H,24,25)/t13?,15?,18-/m0/s1. The molecule has 34 heavy (non-hydrogen) atoms. The zero-order valence-electron chi connectivity index (χ0n) is 19.6. The van der Waals surface area contributed by atoms with Crippen molar-refractivity contribution in [2.45, 2.75) is 58.6 Å². The maximum absolute atomic E-state index is 11.9. The molecule has 0 aliphatic heterocycles. The first-order valence-corrected chi connectivity index (χ1v) is 10.8. The van der Waals surface area contributed by atoms with E-state index in [-0.39, 0.29) is 37.7 Å². The monoisotopic (exact) mass is 485 g/mol. The molecule has 0 fully saturated rings. The lowest BCUT2D eigenvalue weighted by Gasteiger charge is -2.25. The Labute approximate surface area is 197 Å². The Kier molecular flexibility index (Phi) is 12.2. The number of carboxylic acids is 1. The van der Waals surface area contributed by atoms with Crippen molar-refractivity contribution in [2.75, 3.05) is 19.8 Å². The van der Waals surface area contributed by atoms with Gasteiger partial charge in [0.05, 0.1) is 19.8 Å². The van der Waals surface area contributed by atoms with Crippen molar-refractivity contribution in [1.29, 1.82) is 0 Å². The number of hydrogen-bond donors (Lipinski definition) is 2. The molecule has 2 unspecified atom stereocenters. The molecule has 0 aliphatic rings. The molecule has 190 valence electrons. The SMILES string of the molecule is CCCOC(=O)OC(C)CC(c1ccc(OC(=O)OCC)c(OC(=O)OCC)c1)[C@H](N)C(=O)O. The second kappa shape index (κ2) is 14.6. The Balaban J connectivity index is 3.25. The summed E-state index contributed by atoms with van der Waals surface area (Å²) in [5.41, 5.74) is 6.22. The first-order chi connectivity index (χ1) is 16.1. The molecule has 0 aromatic heterocycles. The zero-order chi connectivity index (χ0) is 25.7. The van der Waals surface area contributed by atoms with Gasteiger partial charge in [0.1, 0.15) is 12.1 Å². The van der Waals surface area contributed by atoms with Crippen LogP contribution in [0.1, 0.15) is 52.0 Å². The van der Waals surface area contributed by atoms with Crippen LogP contribution in [0.4, 0.5) is 14.4 Å². The largest absolute Gasteiger partial charge is 0.513 e. The quantitative estimate of drug-likeness (QED) is 0.251. The maximum Gasteiger partial charge on any atom is 0.513 e. The summed E-state index contributed by atoms with van der Waals surface area (Å²) in [6.45, 7) is 6.80. The number of carboxylic acid groups (broad SMARTS) is 1. The molecule has 0 saturated carbocycles. The zero-order valence-corrected chi connectivity index (χ0v) is 19.6. The number of benzene rings is 1.